The first-order chi connectivity index (χ1) is 10.4. The number of aromatic amines is 1. The van der Waals surface area contributed by atoms with Crippen LogP contribution in [0, 0.1) is 0 Å². The van der Waals surface area contributed by atoms with Crippen molar-refractivity contribution >= 4 is 5.82 Å². The van der Waals surface area contributed by atoms with E-state index < -0.39 is 17.3 Å². The molecule has 2 N–H and O–H groups in total. The highest BCUT2D eigenvalue weighted by atomic mass is 19.4. The molecule has 6 nitrogen and oxygen atoms in total. The number of aliphatic hydroxyl groups is 1. The molecule has 0 saturated carbocycles. The number of pyridine rings is 1. The van der Waals surface area contributed by atoms with Crippen LogP contribution in [0.1, 0.15) is 24.1 Å². The Hall–Kier alpha value is -2.16. The number of nitrogens with zero attached hydrogens (tertiary/aromatic N) is 4. The van der Waals surface area contributed by atoms with E-state index in [2.05, 4.69) is 20.4 Å². The number of halogens is 3. The predicted octanol–water partition coefficient (Wildman–Crippen LogP) is 1.71. The number of nitrogens with one attached hydrogen (secondary N) is 1. The van der Waals surface area contributed by atoms with Crippen LogP contribution in [0.2, 0.25) is 0 Å². The monoisotopic (exact) mass is 313 g/mol. The summed E-state index contributed by atoms with van der Waals surface area (Å²) in [7, 11) is 0. The van der Waals surface area contributed by atoms with Crippen LogP contribution in [0.25, 0.3) is 0 Å². The van der Waals surface area contributed by atoms with Gasteiger partial charge in [-0.15, -0.1) is 0 Å². The van der Waals surface area contributed by atoms with Gasteiger partial charge in [-0.3, -0.25) is 0 Å². The molecule has 22 heavy (non-hydrogen) atoms. The second-order valence-corrected chi connectivity index (χ2v) is 5.31. The maximum absolute atomic E-state index is 12.6. The quantitative estimate of drug-likeness (QED) is 0.882. The topological polar surface area (TPSA) is 77.9 Å². The molecule has 0 amide bonds. The van der Waals surface area contributed by atoms with Crippen LogP contribution in [-0.4, -0.2) is 38.6 Å². The fourth-order valence-corrected chi connectivity index (χ4v) is 2.61. The molecule has 1 saturated heterocycles. The third-order valence-corrected chi connectivity index (χ3v) is 3.76. The van der Waals surface area contributed by atoms with E-state index >= 15 is 0 Å². The van der Waals surface area contributed by atoms with Crippen molar-refractivity contribution in [2.45, 2.75) is 24.6 Å². The number of anilines is 1. The summed E-state index contributed by atoms with van der Waals surface area (Å²) in [6, 6.07) is 2.31. The molecule has 3 rings (SSSR count). The average molecular weight is 313 g/mol. The van der Waals surface area contributed by atoms with Gasteiger partial charge in [0.1, 0.15) is 17.1 Å². The number of hydrogen-bond donors (Lipinski definition) is 2. The van der Waals surface area contributed by atoms with Gasteiger partial charge in [-0.05, 0) is 25.0 Å². The van der Waals surface area contributed by atoms with E-state index in [9.17, 15) is 18.3 Å². The lowest BCUT2D eigenvalue weighted by Crippen LogP contribution is -2.46. The summed E-state index contributed by atoms with van der Waals surface area (Å²) in [5.41, 5.74) is -1.56. The number of rotatable bonds is 2. The molecule has 0 aliphatic carbocycles. The molecular formula is C13H14F3N5O. The predicted molar refractivity (Wildman–Crippen MR) is 71.0 cm³/mol. The minimum atomic E-state index is -4.41. The summed E-state index contributed by atoms with van der Waals surface area (Å²) in [5, 5.41) is 20.7. The van der Waals surface area contributed by atoms with Crippen molar-refractivity contribution in [2.24, 2.45) is 0 Å². The Morgan fingerprint density at radius 1 is 1.27 bits per heavy atom. The molecule has 3 heterocycles. The molecule has 2 aromatic heterocycles. The van der Waals surface area contributed by atoms with Crippen molar-refractivity contribution in [3.63, 3.8) is 0 Å². The van der Waals surface area contributed by atoms with Gasteiger partial charge in [0.05, 0.1) is 18.3 Å². The summed E-state index contributed by atoms with van der Waals surface area (Å²) in [5.74, 6) is 0.398. The van der Waals surface area contributed by atoms with Crippen LogP contribution >= 0.6 is 0 Å². The molecule has 0 unspecified atom stereocenters. The maximum atomic E-state index is 12.6. The van der Waals surface area contributed by atoms with Crippen LogP contribution < -0.4 is 4.90 Å². The lowest BCUT2D eigenvalue weighted by molar-refractivity contribution is -0.137. The van der Waals surface area contributed by atoms with Gasteiger partial charge in [0.15, 0.2) is 0 Å². The zero-order chi connectivity index (χ0) is 15.8. The average Bonchev–Trinajstić information content (AvgIpc) is 3.02. The first kappa shape index (κ1) is 14.8. The van der Waals surface area contributed by atoms with Crippen molar-refractivity contribution in [3.05, 3.63) is 35.8 Å². The fourth-order valence-electron chi connectivity index (χ4n) is 2.61. The molecular weight excluding hydrogens is 299 g/mol. The van der Waals surface area contributed by atoms with Gasteiger partial charge >= 0.3 is 6.18 Å². The second kappa shape index (κ2) is 5.24. The molecule has 2 aromatic rings. The number of hydrogen-bond acceptors (Lipinski definition) is 5. The Balaban J connectivity index is 1.80. The maximum Gasteiger partial charge on any atom is 0.417 e. The Labute approximate surface area is 124 Å². The van der Waals surface area contributed by atoms with E-state index in [1.807, 2.05) is 0 Å². The van der Waals surface area contributed by atoms with E-state index in [0.717, 1.165) is 12.3 Å². The summed E-state index contributed by atoms with van der Waals surface area (Å²) in [6.07, 6.45) is -0.972. The van der Waals surface area contributed by atoms with Crippen LogP contribution in [0.4, 0.5) is 19.0 Å². The molecule has 1 aliphatic rings. The summed E-state index contributed by atoms with van der Waals surface area (Å²) in [4.78, 5) is 5.62. The van der Waals surface area contributed by atoms with Crippen molar-refractivity contribution in [2.75, 3.05) is 18.0 Å². The van der Waals surface area contributed by atoms with E-state index in [0.29, 0.717) is 30.9 Å². The highest BCUT2D eigenvalue weighted by Gasteiger charge is 2.38. The Morgan fingerprint density at radius 3 is 2.68 bits per heavy atom. The SMILES string of the molecule is O[C@]1(c2cn[nH]n2)CCCN(c2ccc(C(F)(F)F)cn2)C1. The summed E-state index contributed by atoms with van der Waals surface area (Å²) >= 11 is 0. The lowest BCUT2D eigenvalue weighted by atomic mass is 9.90. The number of aromatic nitrogens is 4. The number of alkyl halides is 3. The number of H-pyrrole nitrogens is 1. The van der Waals surface area contributed by atoms with Crippen LogP contribution in [0.15, 0.2) is 24.5 Å². The van der Waals surface area contributed by atoms with E-state index in [1.165, 1.54) is 12.3 Å². The van der Waals surface area contributed by atoms with Gasteiger partial charge < -0.3 is 10.0 Å². The highest BCUT2D eigenvalue weighted by Crippen LogP contribution is 2.33. The lowest BCUT2D eigenvalue weighted by Gasteiger charge is -2.38. The zero-order valence-corrected chi connectivity index (χ0v) is 11.5. The Bertz CT molecular complexity index is 628. The van der Waals surface area contributed by atoms with Crippen molar-refractivity contribution < 1.29 is 18.3 Å². The van der Waals surface area contributed by atoms with Crippen molar-refractivity contribution in [3.8, 4) is 0 Å². The van der Waals surface area contributed by atoms with Crippen molar-refractivity contribution in [1.82, 2.24) is 20.4 Å². The molecule has 118 valence electrons. The van der Waals surface area contributed by atoms with E-state index in [1.54, 1.807) is 4.90 Å². The first-order valence-corrected chi connectivity index (χ1v) is 6.75. The third kappa shape index (κ3) is 2.76. The summed E-state index contributed by atoms with van der Waals surface area (Å²) in [6.45, 7) is 0.816. The minimum absolute atomic E-state index is 0.206. The van der Waals surface area contributed by atoms with Crippen molar-refractivity contribution in [1.29, 1.82) is 0 Å². The minimum Gasteiger partial charge on any atom is -0.382 e. The number of piperidine rings is 1. The van der Waals surface area contributed by atoms with Gasteiger partial charge in [0.25, 0.3) is 0 Å². The van der Waals surface area contributed by atoms with Crippen LogP contribution in [0.3, 0.4) is 0 Å². The van der Waals surface area contributed by atoms with E-state index in [4.69, 9.17) is 0 Å². The van der Waals surface area contributed by atoms with Crippen LogP contribution in [-0.2, 0) is 11.8 Å². The highest BCUT2D eigenvalue weighted by molar-refractivity contribution is 5.41. The zero-order valence-electron chi connectivity index (χ0n) is 11.5. The van der Waals surface area contributed by atoms with Gasteiger partial charge in [-0.2, -0.15) is 28.6 Å². The number of β-amino-alcohol motifs (C(OH)–C–C–N with tert-alkyl or cyclic N) is 1. The third-order valence-electron chi connectivity index (χ3n) is 3.76. The molecule has 0 bridgehead atoms. The second-order valence-electron chi connectivity index (χ2n) is 5.31. The van der Waals surface area contributed by atoms with E-state index in [-0.39, 0.29) is 6.54 Å². The normalized spacial score (nSPS) is 22.8. The molecule has 1 fully saturated rings. The Morgan fingerprint density at radius 2 is 2.09 bits per heavy atom. The van der Waals surface area contributed by atoms with Gasteiger partial charge in [0, 0.05) is 12.7 Å². The molecule has 1 aliphatic heterocycles. The largest absolute Gasteiger partial charge is 0.417 e. The van der Waals surface area contributed by atoms with Gasteiger partial charge in [0.2, 0.25) is 0 Å². The fraction of sp³-hybridized carbons (Fsp3) is 0.462. The molecule has 0 aromatic carbocycles. The van der Waals surface area contributed by atoms with Gasteiger partial charge in [-0.1, -0.05) is 0 Å². The summed E-state index contributed by atoms with van der Waals surface area (Å²) < 4.78 is 37.7. The standard InChI is InChI=1S/C13H14F3N5O/c14-13(15,16)9-2-3-11(17-6-9)21-5-1-4-12(22,8-21)10-7-18-20-19-10/h2-3,6-7,22H,1,4-5,8H2,(H,18,19,20)/t12-/m1/s1. The smallest absolute Gasteiger partial charge is 0.382 e. The van der Waals surface area contributed by atoms with Gasteiger partial charge in [-0.25, -0.2) is 4.98 Å². The molecule has 0 radical (unpaired) electrons. The molecule has 0 spiro atoms. The Kier molecular flexibility index (Phi) is 3.51. The van der Waals surface area contributed by atoms with Crippen LogP contribution in [0.5, 0.6) is 0 Å². The molecule has 9 heteroatoms. The molecule has 1 atom stereocenters. The first-order valence-electron chi connectivity index (χ1n) is 6.75.